The van der Waals surface area contributed by atoms with Crippen molar-refractivity contribution < 1.29 is 9.59 Å². The molecule has 2 atom stereocenters. The van der Waals surface area contributed by atoms with Crippen molar-refractivity contribution in [1.29, 1.82) is 0 Å². The molecular weight excluding hydrogens is 296 g/mol. The van der Waals surface area contributed by atoms with Gasteiger partial charge in [0, 0.05) is 29.2 Å². The first-order chi connectivity index (χ1) is 11.3. The summed E-state index contributed by atoms with van der Waals surface area (Å²) in [5.74, 6) is -0.0815. The lowest BCUT2D eigenvalue weighted by molar-refractivity contribution is -0.126. The van der Waals surface area contributed by atoms with E-state index in [1.54, 1.807) is 0 Å². The third-order valence-electron chi connectivity index (χ3n) is 4.54. The average Bonchev–Trinajstić information content (AvgIpc) is 2.59. The van der Waals surface area contributed by atoms with Crippen LogP contribution < -0.4 is 0 Å². The van der Waals surface area contributed by atoms with Gasteiger partial charge in [-0.2, -0.15) is 0 Å². The lowest BCUT2D eigenvalue weighted by Gasteiger charge is -2.26. The van der Waals surface area contributed by atoms with Crippen molar-refractivity contribution in [2.75, 3.05) is 0 Å². The van der Waals surface area contributed by atoms with Gasteiger partial charge in [0.05, 0.1) is 0 Å². The lowest BCUT2D eigenvalue weighted by Crippen LogP contribution is -2.27. The zero-order valence-corrected chi connectivity index (χ0v) is 15.0. The molecule has 2 heteroatoms. The van der Waals surface area contributed by atoms with Crippen molar-refractivity contribution in [1.82, 2.24) is 0 Å². The van der Waals surface area contributed by atoms with Crippen LogP contribution in [0.3, 0.4) is 0 Å². The van der Waals surface area contributed by atoms with Crippen LogP contribution in [0.2, 0.25) is 0 Å². The highest BCUT2D eigenvalue weighted by molar-refractivity contribution is 5.98. The fraction of sp³-hybridized carbons (Fsp3) is 0.364. The lowest BCUT2D eigenvalue weighted by atomic mass is 9.76. The summed E-state index contributed by atoms with van der Waals surface area (Å²) in [7, 11) is 0. The number of benzene rings is 2. The fourth-order valence-corrected chi connectivity index (χ4v) is 2.84. The molecule has 0 N–H and O–H groups in total. The van der Waals surface area contributed by atoms with Crippen molar-refractivity contribution in [3.8, 4) is 0 Å². The summed E-state index contributed by atoms with van der Waals surface area (Å²) in [4.78, 5) is 25.5. The van der Waals surface area contributed by atoms with Gasteiger partial charge in [-0.1, -0.05) is 88.4 Å². The van der Waals surface area contributed by atoms with Crippen LogP contribution in [0.25, 0.3) is 0 Å². The summed E-state index contributed by atoms with van der Waals surface area (Å²) in [6.07, 6.45) is 0.382. The Bertz CT molecular complexity index is 681. The molecule has 0 aliphatic carbocycles. The molecular formula is C22H26O2. The molecule has 0 aromatic heterocycles. The number of hydrogen-bond acceptors (Lipinski definition) is 2. The summed E-state index contributed by atoms with van der Waals surface area (Å²) < 4.78 is 0. The van der Waals surface area contributed by atoms with E-state index >= 15 is 0 Å². The van der Waals surface area contributed by atoms with Crippen molar-refractivity contribution in [2.24, 2.45) is 11.3 Å². The number of carbonyl (C=O) groups is 2. The Balaban J connectivity index is 2.32. The molecule has 0 saturated carbocycles. The largest absolute Gasteiger partial charge is 0.299 e. The molecule has 2 aromatic rings. The molecule has 0 spiro atoms. The molecule has 126 valence electrons. The molecule has 0 unspecified atom stereocenters. The van der Waals surface area contributed by atoms with Crippen molar-refractivity contribution >= 4 is 11.6 Å². The van der Waals surface area contributed by atoms with Crippen LogP contribution in [0.15, 0.2) is 60.7 Å². The topological polar surface area (TPSA) is 34.1 Å². The highest BCUT2D eigenvalue weighted by atomic mass is 16.1. The van der Waals surface area contributed by atoms with E-state index in [9.17, 15) is 9.59 Å². The van der Waals surface area contributed by atoms with Crippen LogP contribution in [0.5, 0.6) is 0 Å². The van der Waals surface area contributed by atoms with Crippen LogP contribution in [0.4, 0.5) is 0 Å². The summed E-state index contributed by atoms with van der Waals surface area (Å²) >= 11 is 0. The molecule has 0 saturated heterocycles. The van der Waals surface area contributed by atoms with E-state index < -0.39 is 5.41 Å². The van der Waals surface area contributed by atoms with Crippen molar-refractivity contribution in [3.63, 3.8) is 0 Å². The first-order valence-electron chi connectivity index (χ1n) is 8.48. The van der Waals surface area contributed by atoms with Crippen LogP contribution in [0.1, 0.15) is 56.0 Å². The SMILES string of the molecule is C[C@H](C(=O)c1ccccc1)[C@H](CC(=O)C(C)(C)C)c1ccccc1. The molecule has 24 heavy (non-hydrogen) atoms. The van der Waals surface area contributed by atoms with E-state index in [-0.39, 0.29) is 23.4 Å². The molecule has 2 aromatic carbocycles. The van der Waals surface area contributed by atoms with E-state index in [0.29, 0.717) is 12.0 Å². The first-order valence-corrected chi connectivity index (χ1v) is 8.48. The van der Waals surface area contributed by atoms with E-state index in [1.165, 1.54) is 0 Å². The van der Waals surface area contributed by atoms with E-state index in [4.69, 9.17) is 0 Å². The third-order valence-corrected chi connectivity index (χ3v) is 4.54. The summed E-state index contributed by atoms with van der Waals surface area (Å²) in [6.45, 7) is 7.73. The van der Waals surface area contributed by atoms with Crippen molar-refractivity contribution in [2.45, 2.75) is 40.0 Å². The summed E-state index contributed by atoms with van der Waals surface area (Å²) in [5, 5.41) is 0. The second-order valence-corrected chi connectivity index (χ2v) is 7.41. The number of Topliss-reactive ketones (excluding diaryl/α,β-unsaturated/α-hetero) is 2. The Morgan fingerprint density at radius 3 is 1.88 bits per heavy atom. The monoisotopic (exact) mass is 322 g/mol. The minimum atomic E-state index is -0.400. The Morgan fingerprint density at radius 1 is 0.875 bits per heavy atom. The van der Waals surface area contributed by atoms with Crippen LogP contribution in [-0.2, 0) is 4.79 Å². The molecule has 0 aliphatic heterocycles. The minimum Gasteiger partial charge on any atom is -0.299 e. The van der Waals surface area contributed by atoms with Crippen LogP contribution >= 0.6 is 0 Å². The molecule has 0 radical (unpaired) electrons. The Hall–Kier alpha value is -2.22. The van der Waals surface area contributed by atoms with Gasteiger partial charge < -0.3 is 0 Å². The second kappa shape index (κ2) is 7.57. The highest BCUT2D eigenvalue weighted by Crippen LogP contribution is 2.33. The zero-order valence-electron chi connectivity index (χ0n) is 15.0. The standard InChI is InChI=1S/C22H26O2/c1-16(21(24)18-13-9-6-10-14-18)19(15-20(23)22(2,3)4)17-11-7-5-8-12-17/h5-14,16,19H,15H2,1-4H3/t16-,19-/m0/s1. The fourth-order valence-electron chi connectivity index (χ4n) is 2.84. The van der Waals surface area contributed by atoms with Gasteiger partial charge in [-0.15, -0.1) is 0 Å². The highest BCUT2D eigenvalue weighted by Gasteiger charge is 2.31. The third kappa shape index (κ3) is 4.41. The Morgan fingerprint density at radius 2 is 1.38 bits per heavy atom. The maximum Gasteiger partial charge on any atom is 0.166 e. The van der Waals surface area contributed by atoms with E-state index in [1.807, 2.05) is 88.4 Å². The predicted octanol–water partition coefficient (Wildman–Crippen LogP) is 5.29. The first kappa shape index (κ1) is 18.1. The average molecular weight is 322 g/mol. The van der Waals surface area contributed by atoms with E-state index in [2.05, 4.69) is 0 Å². The smallest absolute Gasteiger partial charge is 0.166 e. The molecule has 0 heterocycles. The Kier molecular flexibility index (Phi) is 5.71. The van der Waals surface area contributed by atoms with Gasteiger partial charge in [-0.25, -0.2) is 0 Å². The predicted molar refractivity (Wildman–Crippen MR) is 98.2 cm³/mol. The normalized spacial score (nSPS) is 14.0. The molecule has 0 aliphatic rings. The van der Waals surface area contributed by atoms with Crippen LogP contribution in [0, 0.1) is 11.3 Å². The van der Waals surface area contributed by atoms with E-state index in [0.717, 1.165) is 5.56 Å². The van der Waals surface area contributed by atoms with Gasteiger partial charge in [-0.3, -0.25) is 9.59 Å². The molecule has 0 fully saturated rings. The molecule has 0 amide bonds. The summed E-state index contributed by atoms with van der Waals surface area (Å²) in [5.41, 5.74) is 1.35. The molecule has 0 bridgehead atoms. The molecule has 2 rings (SSSR count). The number of carbonyl (C=O) groups excluding carboxylic acids is 2. The number of hydrogen-bond donors (Lipinski definition) is 0. The van der Waals surface area contributed by atoms with Gasteiger partial charge in [0.1, 0.15) is 5.78 Å². The Labute approximate surface area is 144 Å². The second-order valence-electron chi connectivity index (χ2n) is 7.41. The zero-order chi connectivity index (χ0) is 17.7. The quantitative estimate of drug-likeness (QED) is 0.677. The summed E-state index contributed by atoms with van der Waals surface area (Å²) in [6, 6.07) is 19.2. The van der Waals surface area contributed by atoms with Crippen molar-refractivity contribution in [3.05, 3.63) is 71.8 Å². The molecule has 2 nitrogen and oxygen atoms in total. The van der Waals surface area contributed by atoms with Gasteiger partial charge in [0.15, 0.2) is 5.78 Å². The minimum absolute atomic E-state index is 0.0890. The number of ketones is 2. The maximum atomic E-state index is 12.9. The van der Waals surface area contributed by atoms with Gasteiger partial charge in [0.2, 0.25) is 0 Å². The van der Waals surface area contributed by atoms with Crippen LogP contribution in [-0.4, -0.2) is 11.6 Å². The maximum absolute atomic E-state index is 12.9. The number of rotatable bonds is 6. The van der Waals surface area contributed by atoms with Gasteiger partial charge in [0.25, 0.3) is 0 Å². The van der Waals surface area contributed by atoms with Gasteiger partial charge >= 0.3 is 0 Å². The van der Waals surface area contributed by atoms with Gasteiger partial charge in [-0.05, 0) is 5.56 Å².